The number of nitrogens with one attached hydrogen (secondary N) is 1. The first kappa shape index (κ1) is 11.7. The van der Waals surface area contributed by atoms with Gasteiger partial charge in [0.05, 0.1) is 4.90 Å². The van der Waals surface area contributed by atoms with E-state index < -0.39 is 15.6 Å². The molecule has 0 amide bonds. The number of halogens is 1. The van der Waals surface area contributed by atoms with Crippen LogP contribution in [0.3, 0.4) is 0 Å². The van der Waals surface area contributed by atoms with Crippen molar-refractivity contribution in [3.63, 3.8) is 0 Å². The van der Waals surface area contributed by atoms with Gasteiger partial charge in [-0.2, -0.15) is 12.5 Å². The molecule has 0 aliphatic rings. The molecule has 0 saturated heterocycles. The molecule has 2 rings (SSSR count). The third-order valence-electron chi connectivity index (χ3n) is 2.08. The highest BCUT2D eigenvalue weighted by Gasteiger charge is 2.19. The van der Waals surface area contributed by atoms with E-state index in [0.717, 1.165) is 6.07 Å². The van der Waals surface area contributed by atoms with E-state index in [1.165, 1.54) is 24.3 Å². The number of benzene rings is 1. The largest absolute Gasteiger partial charge is 0.383 e. The number of nitrogens with zero attached hydrogens (tertiary/aromatic N) is 1. The Labute approximate surface area is 102 Å². The number of aromatic amines is 1. The first-order chi connectivity index (χ1) is 7.91. The minimum Gasteiger partial charge on any atom is -0.383 e. The third kappa shape index (κ3) is 2.06. The molecular weight excluding hydrogens is 266 g/mol. The van der Waals surface area contributed by atoms with Crippen LogP contribution in [0.5, 0.6) is 0 Å². The van der Waals surface area contributed by atoms with Crippen LogP contribution in [-0.4, -0.2) is 17.6 Å². The average molecular weight is 274 g/mol. The Kier molecular flexibility index (Phi) is 2.72. The zero-order valence-electron chi connectivity index (χ0n) is 8.42. The number of H-pyrrole nitrogens is 1. The molecule has 0 saturated carbocycles. The number of nitrogens with two attached hydrogens (primary N) is 1. The van der Waals surface area contributed by atoms with E-state index in [9.17, 15) is 13.2 Å². The first-order valence-electron chi connectivity index (χ1n) is 4.50. The minimum absolute atomic E-state index is 0.0135. The Hall–Kier alpha value is -1.73. The Morgan fingerprint density at radius 3 is 2.29 bits per heavy atom. The maximum Gasteiger partial charge on any atom is 0.283 e. The quantitative estimate of drug-likeness (QED) is 0.839. The van der Waals surface area contributed by atoms with Crippen molar-refractivity contribution in [1.29, 1.82) is 0 Å². The second kappa shape index (κ2) is 3.94. The van der Waals surface area contributed by atoms with Crippen LogP contribution in [0.25, 0.3) is 0 Å². The fraction of sp³-hybridized carbons (Fsp3) is 0. The predicted molar refractivity (Wildman–Crippen MR) is 63.5 cm³/mol. The zero-order valence-corrected chi connectivity index (χ0v) is 9.99. The molecule has 17 heavy (non-hydrogen) atoms. The summed E-state index contributed by atoms with van der Waals surface area (Å²) in [4.78, 5) is 11.0. The summed E-state index contributed by atoms with van der Waals surface area (Å²) in [6, 6.07) is 6.52. The number of hydrogen-bond acceptors (Lipinski definition) is 4. The summed E-state index contributed by atoms with van der Waals surface area (Å²) < 4.78 is 24.7. The number of hydrogen-bond donors (Lipinski definition) is 2. The second-order valence-corrected chi connectivity index (χ2v) is 5.49. The zero-order chi connectivity index (χ0) is 12.6. The van der Waals surface area contributed by atoms with Gasteiger partial charge in [-0.15, -0.1) is 0 Å². The lowest BCUT2D eigenvalue weighted by Gasteiger charge is -2.06. The molecule has 0 spiro atoms. The second-order valence-electron chi connectivity index (χ2n) is 3.27. The molecule has 3 N–H and O–H groups in total. The average Bonchev–Trinajstić information content (AvgIpc) is 2.59. The van der Waals surface area contributed by atoms with Gasteiger partial charge in [0.1, 0.15) is 5.82 Å². The molecule has 1 aromatic carbocycles. The number of aromatic nitrogens is 2. The van der Waals surface area contributed by atoms with Gasteiger partial charge in [0.25, 0.3) is 15.6 Å². The van der Waals surface area contributed by atoms with E-state index in [4.69, 9.17) is 17.3 Å². The van der Waals surface area contributed by atoms with Crippen molar-refractivity contribution >= 4 is 27.4 Å². The van der Waals surface area contributed by atoms with Crippen LogP contribution in [-0.2, 0) is 10.0 Å². The van der Waals surface area contributed by atoms with Crippen molar-refractivity contribution in [3.8, 4) is 0 Å². The van der Waals surface area contributed by atoms with Crippen LogP contribution in [0.15, 0.2) is 40.0 Å². The van der Waals surface area contributed by atoms with Gasteiger partial charge < -0.3 is 5.73 Å². The fourth-order valence-electron chi connectivity index (χ4n) is 1.30. The monoisotopic (exact) mass is 273 g/mol. The lowest BCUT2D eigenvalue weighted by Crippen LogP contribution is -2.18. The predicted octanol–water partition coefficient (Wildman–Crippen LogP) is 0.649. The number of anilines is 1. The van der Waals surface area contributed by atoms with E-state index in [0.29, 0.717) is 9.11 Å². The first-order valence-corrected chi connectivity index (χ1v) is 6.32. The summed E-state index contributed by atoms with van der Waals surface area (Å²) in [6.07, 6.45) is 0. The summed E-state index contributed by atoms with van der Waals surface area (Å²) >= 11 is 5.66. The van der Waals surface area contributed by atoms with Crippen LogP contribution < -0.4 is 11.3 Å². The molecule has 8 heteroatoms. The maximum atomic E-state index is 12.0. The molecule has 90 valence electrons. The normalized spacial score (nSPS) is 11.6. The highest BCUT2D eigenvalue weighted by molar-refractivity contribution is 7.90. The molecule has 2 aromatic rings. The van der Waals surface area contributed by atoms with Gasteiger partial charge in [-0.3, -0.25) is 4.79 Å². The number of rotatable bonds is 2. The lowest BCUT2D eigenvalue weighted by atomic mass is 10.4. The smallest absolute Gasteiger partial charge is 0.283 e. The lowest BCUT2D eigenvalue weighted by molar-refractivity contribution is 0.580. The molecule has 0 atom stereocenters. The van der Waals surface area contributed by atoms with Crippen molar-refractivity contribution in [1.82, 2.24) is 9.19 Å². The molecular formula is C9H8ClN3O3S. The minimum atomic E-state index is -3.89. The fourth-order valence-corrected chi connectivity index (χ4v) is 2.66. The van der Waals surface area contributed by atoms with Crippen LogP contribution in [0.1, 0.15) is 0 Å². The van der Waals surface area contributed by atoms with Gasteiger partial charge in [-0.05, 0) is 24.3 Å². The van der Waals surface area contributed by atoms with Crippen molar-refractivity contribution in [2.75, 3.05) is 5.73 Å². The molecule has 0 unspecified atom stereocenters. The van der Waals surface area contributed by atoms with Gasteiger partial charge in [-0.1, -0.05) is 11.6 Å². The van der Waals surface area contributed by atoms with Crippen LogP contribution in [0.4, 0.5) is 5.82 Å². The summed E-state index contributed by atoms with van der Waals surface area (Å²) in [5.74, 6) is -0.176. The molecule has 0 fully saturated rings. The molecule has 0 aliphatic carbocycles. The molecule has 0 bridgehead atoms. The van der Waals surface area contributed by atoms with Gasteiger partial charge >= 0.3 is 0 Å². The van der Waals surface area contributed by atoms with Gasteiger partial charge in [0, 0.05) is 11.1 Å². The Morgan fingerprint density at radius 1 is 1.24 bits per heavy atom. The van der Waals surface area contributed by atoms with Crippen molar-refractivity contribution in [2.24, 2.45) is 0 Å². The molecule has 0 aliphatic heterocycles. The highest BCUT2D eigenvalue weighted by atomic mass is 35.5. The highest BCUT2D eigenvalue weighted by Crippen LogP contribution is 2.17. The molecule has 1 aromatic heterocycles. The molecule has 1 heterocycles. The molecule has 6 nitrogen and oxygen atoms in total. The third-order valence-corrected chi connectivity index (χ3v) is 3.98. The van der Waals surface area contributed by atoms with E-state index in [1.54, 1.807) is 0 Å². The number of nitrogen functional groups attached to an aromatic ring is 1. The van der Waals surface area contributed by atoms with Crippen molar-refractivity contribution < 1.29 is 8.42 Å². The SMILES string of the molecule is Nc1cc(=O)[nH]n1S(=O)(=O)c1ccc(Cl)cc1. The molecule has 0 radical (unpaired) electrons. The summed E-state index contributed by atoms with van der Waals surface area (Å²) in [5, 5.41) is 2.53. The van der Waals surface area contributed by atoms with Gasteiger partial charge in [0.2, 0.25) is 0 Å². The van der Waals surface area contributed by atoms with E-state index in [1.807, 2.05) is 0 Å². The Bertz CT molecular complexity index is 700. The van der Waals surface area contributed by atoms with E-state index >= 15 is 0 Å². The maximum absolute atomic E-state index is 12.0. The van der Waals surface area contributed by atoms with Crippen molar-refractivity contribution in [2.45, 2.75) is 4.90 Å². The summed E-state index contributed by atoms with van der Waals surface area (Å²) in [7, 11) is -3.89. The summed E-state index contributed by atoms with van der Waals surface area (Å²) in [6.45, 7) is 0. The topological polar surface area (TPSA) is 97.9 Å². The standard InChI is InChI=1S/C9H8ClN3O3S/c10-6-1-3-7(4-2-6)17(15,16)13-8(11)5-9(14)12-13/h1-5H,11H2,(H,12,14). The summed E-state index contributed by atoms with van der Waals surface area (Å²) in [5.41, 5.74) is 4.84. The van der Waals surface area contributed by atoms with Gasteiger partial charge in [0.15, 0.2) is 0 Å². The Balaban J connectivity index is 2.61. The van der Waals surface area contributed by atoms with Crippen LogP contribution in [0, 0.1) is 0 Å². The van der Waals surface area contributed by atoms with E-state index in [-0.39, 0.29) is 10.7 Å². The van der Waals surface area contributed by atoms with Crippen molar-refractivity contribution in [3.05, 3.63) is 45.7 Å². The van der Waals surface area contributed by atoms with Crippen LogP contribution in [0.2, 0.25) is 5.02 Å². The van der Waals surface area contributed by atoms with E-state index in [2.05, 4.69) is 5.10 Å². The van der Waals surface area contributed by atoms with Gasteiger partial charge in [-0.25, -0.2) is 5.10 Å². The van der Waals surface area contributed by atoms with Crippen LogP contribution >= 0.6 is 11.6 Å². The Morgan fingerprint density at radius 2 is 1.82 bits per heavy atom.